The molecule has 0 aliphatic rings. The zero-order valence-corrected chi connectivity index (χ0v) is 17.0. The lowest BCUT2D eigenvalue weighted by molar-refractivity contribution is 0.133. The molecule has 5 nitrogen and oxygen atoms in total. The van der Waals surface area contributed by atoms with Crippen LogP contribution in [-0.2, 0) is 16.1 Å². The first-order valence-electron chi connectivity index (χ1n) is 8.36. The number of nitrogens with zero attached hydrogens (tertiary/aromatic N) is 2. The monoisotopic (exact) mass is 374 g/mol. The van der Waals surface area contributed by atoms with Gasteiger partial charge < -0.3 is 14.0 Å². The van der Waals surface area contributed by atoms with Gasteiger partial charge in [0.2, 0.25) is 0 Å². The van der Waals surface area contributed by atoms with Crippen LogP contribution < -0.4 is 4.74 Å². The first-order valence-corrected chi connectivity index (χ1v) is 9.47. The summed E-state index contributed by atoms with van der Waals surface area (Å²) in [6.07, 6.45) is 1.42. The number of pyridine rings is 1. The molecule has 0 radical (unpaired) electrons. The zero-order valence-electron chi connectivity index (χ0n) is 16.1. The van der Waals surface area contributed by atoms with E-state index in [1.165, 1.54) is 0 Å². The van der Waals surface area contributed by atoms with E-state index in [-0.39, 0.29) is 6.10 Å². The van der Waals surface area contributed by atoms with Crippen LogP contribution in [0.25, 0.3) is 0 Å². The van der Waals surface area contributed by atoms with Crippen LogP contribution in [0, 0.1) is 0 Å². The van der Waals surface area contributed by atoms with E-state index in [0.717, 1.165) is 22.6 Å². The molecule has 0 spiro atoms. The fourth-order valence-electron chi connectivity index (χ4n) is 2.34. The summed E-state index contributed by atoms with van der Waals surface area (Å²) in [5, 5.41) is 0. The fourth-order valence-corrected chi connectivity index (χ4v) is 2.97. The minimum Gasteiger partial charge on any atom is -0.591 e. The number of rotatable bonds is 6. The molecule has 2 atom stereocenters. The van der Waals surface area contributed by atoms with E-state index in [1.54, 1.807) is 20.4 Å². The van der Waals surface area contributed by atoms with Crippen LogP contribution in [0.15, 0.2) is 47.0 Å². The van der Waals surface area contributed by atoms with Crippen molar-refractivity contribution in [3.05, 3.63) is 59.4 Å². The highest BCUT2D eigenvalue weighted by Crippen LogP contribution is 2.26. The molecule has 2 rings (SSSR count). The average Bonchev–Trinajstić information content (AvgIpc) is 2.62. The topological polar surface area (TPSA) is 66.8 Å². The third-order valence-corrected chi connectivity index (χ3v) is 5.35. The highest BCUT2D eigenvalue weighted by molar-refractivity contribution is 7.91. The van der Waals surface area contributed by atoms with Gasteiger partial charge in [0.15, 0.2) is 0 Å². The van der Waals surface area contributed by atoms with Crippen LogP contribution in [-0.4, -0.2) is 34.2 Å². The molecule has 1 aromatic carbocycles. The van der Waals surface area contributed by atoms with Crippen LogP contribution >= 0.6 is 0 Å². The second-order valence-electron chi connectivity index (χ2n) is 6.90. The normalized spacial score (nSPS) is 14.8. The van der Waals surface area contributed by atoms with Gasteiger partial charge in [-0.05, 0) is 57.5 Å². The van der Waals surface area contributed by atoms with Crippen molar-refractivity contribution in [1.29, 1.82) is 0 Å². The molecule has 0 aliphatic carbocycles. The number of methoxy groups -OCH3 is 2. The van der Waals surface area contributed by atoms with Crippen molar-refractivity contribution >= 4 is 17.1 Å². The summed E-state index contributed by atoms with van der Waals surface area (Å²) >= 11 is -1.30. The van der Waals surface area contributed by atoms with Gasteiger partial charge in [-0.25, -0.2) is 0 Å². The molecule has 0 fully saturated rings. The van der Waals surface area contributed by atoms with Crippen molar-refractivity contribution in [1.82, 2.24) is 4.98 Å². The van der Waals surface area contributed by atoms with E-state index in [4.69, 9.17) is 9.47 Å². The summed E-state index contributed by atoms with van der Waals surface area (Å²) in [6, 6.07) is 11.5. The summed E-state index contributed by atoms with van der Waals surface area (Å²) in [7, 11) is 3.29. The van der Waals surface area contributed by atoms with Gasteiger partial charge in [-0.1, -0.05) is 16.5 Å². The molecule has 1 aromatic heterocycles. The summed E-state index contributed by atoms with van der Waals surface area (Å²) in [4.78, 5) is 4.45. The molecule has 2 aromatic rings. The fraction of sp³-hybridized carbons (Fsp3) is 0.400. The first kappa shape index (κ1) is 20.4. The van der Waals surface area contributed by atoms with Gasteiger partial charge >= 0.3 is 0 Å². The Morgan fingerprint density at radius 3 is 2.35 bits per heavy atom. The highest BCUT2D eigenvalue weighted by atomic mass is 32.2. The van der Waals surface area contributed by atoms with E-state index in [9.17, 15) is 4.55 Å². The maximum Gasteiger partial charge on any atom is 0.144 e. The summed E-state index contributed by atoms with van der Waals surface area (Å²) in [5.41, 5.74) is 3.34. The van der Waals surface area contributed by atoms with Crippen molar-refractivity contribution in [3.63, 3.8) is 0 Å². The lowest BCUT2D eigenvalue weighted by Gasteiger charge is -2.19. The number of aromatic nitrogens is 1. The van der Waals surface area contributed by atoms with E-state index in [2.05, 4.69) is 9.38 Å². The van der Waals surface area contributed by atoms with Crippen LogP contribution in [0.2, 0.25) is 0 Å². The molecule has 0 aliphatic heterocycles. The molecular weight excluding hydrogens is 348 g/mol. The Morgan fingerprint density at radius 2 is 1.81 bits per heavy atom. The van der Waals surface area contributed by atoms with E-state index in [1.807, 2.05) is 64.1 Å². The van der Waals surface area contributed by atoms with Crippen molar-refractivity contribution in [3.8, 4) is 5.75 Å². The van der Waals surface area contributed by atoms with E-state index in [0.29, 0.717) is 5.71 Å². The van der Waals surface area contributed by atoms with Gasteiger partial charge in [-0.3, -0.25) is 4.98 Å². The Hall–Kier alpha value is -1.89. The molecule has 1 unspecified atom stereocenters. The maximum absolute atomic E-state index is 12.3. The number of ether oxygens (including phenoxy) is 2. The van der Waals surface area contributed by atoms with Crippen molar-refractivity contribution in [2.24, 2.45) is 4.40 Å². The number of hydrogen-bond acceptors (Lipinski definition) is 5. The Kier molecular flexibility index (Phi) is 6.81. The number of hydrogen-bond donors (Lipinski definition) is 0. The predicted molar refractivity (Wildman–Crippen MR) is 106 cm³/mol. The molecule has 0 saturated carbocycles. The van der Waals surface area contributed by atoms with Crippen molar-refractivity contribution in [2.45, 2.75) is 38.5 Å². The second kappa shape index (κ2) is 8.66. The van der Waals surface area contributed by atoms with Gasteiger partial charge in [-0.15, -0.1) is 0 Å². The summed E-state index contributed by atoms with van der Waals surface area (Å²) < 4.78 is 27.1. The van der Waals surface area contributed by atoms with Crippen LogP contribution in [0.5, 0.6) is 5.75 Å². The minimum atomic E-state index is -1.30. The quantitative estimate of drug-likeness (QED) is 0.564. The van der Waals surface area contributed by atoms with Crippen LogP contribution in [0.3, 0.4) is 0 Å². The van der Waals surface area contributed by atoms with Crippen molar-refractivity contribution in [2.75, 3.05) is 14.2 Å². The smallest absolute Gasteiger partial charge is 0.144 e. The average molecular weight is 375 g/mol. The Labute approximate surface area is 158 Å². The van der Waals surface area contributed by atoms with Gasteiger partial charge in [0.25, 0.3) is 0 Å². The molecule has 6 heteroatoms. The SMILES string of the molecule is COc1ccc([C@@H](OC)c2cc(/C(C)=N\[S+]([O-])C(C)(C)C)ccn2)cc1. The standard InChI is InChI=1S/C20H26N2O3S/c1-14(22-26(23)20(2,3)4)16-11-12-21-18(13-16)19(25-6)15-7-9-17(24-5)10-8-15/h7-13,19H,1-6H3/b22-14-/t19-,26?/m1/s1. The van der Waals surface area contributed by atoms with Crippen molar-refractivity contribution < 1.29 is 14.0 Å². The van der Waals surface area contributed by atoms with Crippen LogP contribution in [0.1, 0.15) is 50.6 Å². The lowest BCUT2D eigenvalue weighted by atomic mass is 10.0. The maximum atomic E-state index is 12.3. The molecule has 0 amide bonds. The van der Waals surface area contributed by atoms with Gasteiger partial charge in [-0.2, -0.15) is 0 Å². The molecule has 0 bridgehead atoms. The molecule has 0 saturated heterocycles. The predicted octanol–water partition coefficient (Wildman–Crippen LogP) is 4.10. The molecule has 1 heterocycles. The molecule has 140 valence electrons. The van der Waals surface area contributed by atoms with Crippen LogP contribution in [0.4, 0.5) is 0 Å². The summed E-state index contributed by atoms with van der Waals surface area (Å²) in [5.74, 6) is 0.790. The Balaban J connectivity index is 2.32. The lowest BCUT2D eigenvalue weighted by Crippen LogP contribution is -2.26. The highest BCUT2D eigenvalue weighted by Gasteiger charge is 2.27. The van der Waals surface area contributed by atoms with Gasteiger partial charge in [0, 0.05) is 18.9 Å². The summed E-state index contributed by atoms with van der Waals surface area (Å²) in [6.45, 7) is 7.57. The minimum absolute atomic E-state index is 0.304. The largest absolute Gasteiger partial charge is 0.591 e. The Morgan fingerprint density at radius 1 is 1.15 bits per heavy atom. The second-order valence-corrected chi connectivity index (χ2v) is 8.80. The van der Waals surface area contributed by atoms with E-state index >= 15 is 0 Å². The molecular formula is C20H26N2O3S. The van der Waals surface area contributed by atoms with Gasteiger partial charge in [0.1, 0.15) is 28.0 Å². The third kappa shape index (κ3) is 5.06. The first-order chi connectivity index (χ1) is 12.3. The Bertz CT molecular complexity index is 754. The molecule has 26 heavy (non-hydrogen) atoms. The molecule has 0 N–H and O–H groups in total. The van der Waals surface area contributed by atoms with Gasteiger partial charge in [0.05, 0.1) is 18.5 Å². The number of benzene rings is 1. The van der Waals surface area contributed by atoms with E-state index < -0.39 is 16.1 Å². The zero-order chi connectivity index (χ0) is 19.3. The third-order valence-electron chi connectivity index (χ3n) is 3.87.